The predicted molar refractivity (Wildman–Crippen MR) is 109 cm³/mol. The highest BCUT2D eigenvalue weighted by Crippen LogP contribution is 2.37. The van der Waals surface area contributed by atoms with Crippen molar-refractivity contribution >= 4 is 40.4 Å². The topological polar surface area (TPSA) is 113 Å². The number of phenols is 1. The number of benzene rings is 1. The summed E-state index contributed by atoms with van der Waals surface area (Å²) in [6, 6.07) is 2.29. The first-order valence-corrected chi connectivity index (χ1v) is 10.0. The van der Waals surface area contributed by atoms with Gasteiger partial charge in [0.25, 0.3) is 0 Å². The fourth-order valence-corrected chi connectivity index (χ4v) is 4.37. The molecule has 0 aliphatic carbocycles. The van der Waals surface area contributed by atoms with Crippen molar-refractivity contribution in [1.82, 2.24) is 15.3 Å². The summed E-state index contributed by atoms with van der Waals surface area (Å²) in [7, 11) is 1.28. The van der Waals surface area contributed by atoms with Gasteiger partial charge in [0.15, 0.2) is 0 Å². The van der Waals surface area contributed by atoms with Crippen molar-refractivity contribution in [3.05, 3.63) is 34.0 Å². The number of hydrogen-bond acceptors (Lipinski definition) is 8. The van der Waals surface area contributed by atoms with Crippen LogP contribution >= 0.6 is 22.7 Å². The van der Waals surface area contributed by atoms with Crippen molar-refractivity contribution < 1.29 is 23.8 Å². The van der Waals surface area contributed by atoms with Crippen LogP contribution in [0.15, 0.2) is 17.5 Å². The van der Waals surface area contributed by atoms with Crippen LogP contribution in [0.1, 0.15) is 17.6 Å². The molecule has 0 unspecified atom stereocenters. The molecule has 11 heteroatoms. The standard InChI is InChI=1S/C18H17FN4O4S2/c1-8-16(29-15(21-8)6-20-18(26)27-3)13-7-28-17(23-13)10-4-14(25)12(5-11(10)19)22-9(2)24/h4-5,7,25H,6H2,1-3H3,(H,20,26)(H,22,24). The largest absolute Gasteiger partial charge is 0.506 e. The number of amides is 2. The molecule has 2 aromatic heterocycles. The van der Waals surface area contributed by atoms with Gasteiger partial charge >= 0.3 is 6.09 Å². The molecule has 3 aromatic rings. The zero-order valence-electron chi connectivity index (χ0n) is 15.7. The van der Waals surface area contributed by atoms with Crippen molar-refractivity contribution in [1.29, 1.82) is 0 Å². The molecule has 0 atom stereocenters. The van der Waals surface area contributed by atoms with E-state index in [0.29, 0.717) is 15.7 Å². The molecule has 0 fully saturated rings. The van der Waals surface area contributed by atoms with Gasteiger partial charge in [-0.25, -0.2) is 19.2 Å². The van der Waals surface area contributed by atoms with Crippen molar-refractivity contribution in [2.24, 2.45) is 0 Å². The molecule has 0 bridgehead atoms. The van der Waals surface area contributed by atoms with Crippen molar-refractivity contribution in [2.75, 3.05) is 12.4 Å². The van der Waals surface area contributed by atoms with E-state index in [2.05, 4.69) is 25.3 Å². The molecule has 0 aliphatic rings. The van der Waals surface area contributed by atoms with E-state index < -0.39 is 17.8 Å². The van der Waals surface area contributed by atoms with Gasteiger partial charge in [0.1, 0.15) is 21.6 Å². The van der Waals surface area contributed by atoms with E-state index in [0.717, 1.165) is 16.6 Å². The highest BCUT2D eigenvalue weighted by atomic mass is 32.1. The smallest absolute Gasteiger partial charge is 0.407 e. The van der Waals surface area contributed by atoms with Crippen molar-refractivity contribution in [3.8, 4) is 26.9 Å². The third kappa shape index (κ3) is 4.69. The number of aromatic nitrogens is 2. The number of phenolic OH excluding ortho intramolecular Hbond substituents is 1. The Bertz CT molecular complexity index is 1080. The maximum absolute atomic E-state index is 14.5. The van der Waals surface area contributed by atoms with Gasteiger partial charge in [-0.3, -0.25) is 4.79 Å². The van der Waals surface area contributed by atoms with Crippen LogP contribution in [0.5, 0.6) is 5.75 Å². The van der Waals surface area contributed by atoms with Crippen LogP contribution in [-0.4, -0.2) is 34.2 Å². The van der Waals surface area contributed by atoms with Crippen LogP contribution in [0.2, 0.25) is 0 Å². The second-order valence-electron chi connectivity index (χ2n) is 5.94. The number of carbonyl (C=O) groups is 2. The number of thiazole rings is 2. The maximum atomic E-state index is 14.5. The second kappa shape index (κ2) is 8.53. The molecule has 2 amide bonds. The van der Waals surface area contributed by atoms with Crippen LogP contribution in [0.3, 0.4) is 0 Å². The van der Waals surface area contributed by atoms with Crippen LogP contribution < -0.4 is 10.6 Å². The number of methoxy groups -OCH3 is 1. The monoisotopic (exact) mass is 436 g/mol. The fourth-order valence-electron chi connectivity index (χ4n) is 2.50. The van der Waals surface area contributed by atoms with Crippen LogP contribution in [-0.2, 0) is 16.1 Å². The Morgan fingerprint density at radius 1 is 1.31 bits per heavy atom. The minimum absolute atomic E-state index is 0.00317. The number of carbonyl (C=O) groups excluding carboxylic acids is 2. The zero-order chi connectivity index (χ0) is 21.1. The Balaban J connectivity index is 1.86. The number of anilines is 1. The predicted octanol–water partition coefficient (Wildman–Crippen LogP) is 3.90. The third-order valence-corrected chi connectivity index (χ3v) is 5.83. The Morgan fingerprint density at radius 2 is 2.07 bits per heavy atom. The average Bonchev–Trinajstić information content (AvgIpc) is 3.28. The normalized spacial score (nSPS) is 10.6. The lowest BCUT2D eigenvalue weighted by atomic mass is 10.1. The third-order valence-electron chi connectivity index (χ3n) is 3.77. The molecule has 3 rings (SSSR count). The van der Waals surface area contributed by atoms with Gasteiger partial charge < -0.3 is 20.5 Å². The number of rotatable bonds is 5. The van der Waals surface area contributed by atoms with Gasteiger partial charge in [-0.2, -0.15) is 0 Å². The minimum Gasteiger partial charge on any atom is -0.506 e. The van der Waals surface area contributed by atoms with Gasteiger partial charge in [0.05, 0.1) is 41.2 Å². The SMILES string of the molecule is COC(=O)NCc1nc(C)c(-c2csc(-c3cc(O)c(NC(C)=O)cc3F)n2)s1. The number of ether oxygens (including phenoxy) is 1. The number of aryl methyl sites for hydroxylation is 1. The van der Waals surface area contributed by atoms with Crippen LogP contribution in [0.4, 0.5) is 14.9 Å². The lowest BCUT2D eigenvalue weighted by Gasteiger charge is -2.07. The lowest BCUT2D eigenvalue weighted by Crippen LogP contribution is -2.22. The first-order valence-electron chi connectivity index (χ1n) is 8.33. The van der Waals surface area contributed by atoms with E-state index in [1.165, 1.54) is 42.8 Å². The number of alkyl carbamates (subject to hydrolysis) is 1. The summed E-state index contributed by atoms with van der Waals surface area (Å²) >= 11 is 2.58. The average molecular weight is 436 g/mol. The molecule has 8 nitrogen and oxygen atoms in total. The Labute approximate surface area is 173 Å². The lowest BCUT2D eigenvalue weighted by molar-refractivity contribution is -0.114. The van der Waals surface area contributed by atoms with Gasteiger partial charge in [-0.1, -0.05) is 0 Å². The van der Waals surface area contributed by atoms with Crippen LogP contribution in [0, 0.1) is 12.7 Å². The fraction of sp³-hybridized carbons (Fsp3) is 0.222. The highest BCUT2D eigenvalue weighted by molar-refractivity contribution is 7.16. The number of hydrogen-bond donors (Lipinski definition) is 3. The number of halogens is 1. The number of nitrogens with one attached hydrogen (secondary N) is 2. The van der Waals surface area contributed by atoms with E-state index in [1.807, 2.05) is 6.92 Å². The van der Waals surface area contributed by atoms with Crippen LogP contribution in [0.25, 0.3) is 21.1 Å². The molecule has 29 heavy (non-hydrogen) atoms. The molecule has 0 saturated heterocycles. The minimum atomic E-state index is -0.614. The first kappa shape index (κ1) is 20.7. The number of nitrogens with zero attached hydrogens (tertiary/aromatic N) is 2. The van der Waals surface area contributed by atoms with E-state index in [9.17, 15) is 19.1 Å². The summed E-state index contributed by atoms with van der Waals surface area (Å²) in [5, 5.41) is 17.8. The van der Waals surface area contributed by atoms with Gasteiger partial charge in [-0.05, 0) is 13.0 Å². The summed E-state index contributed by atoms with van der Waals surface area (Å²) in [4.78, 5) is 32.0. The summed E-state index contributed by atoms with van der Waals surface area (Å²) < 4.78 is 19.0. The molecular weight excluding hydrogens is 419 g/mol. The quantitative estimate of drug-likeness (QED) is 0.523. The molecule has 2 heterocycles. The maximum Gasteiger partial charge on any atom is 0.407 e. The summed E-state index contributed by atoms with van der Waals surface area (Å²) in [6.07, 6.45) is -0.548. The Hall–Kier alpha value is -3.05. The van der Waals surface area contributed by atoms with E-state index in [4.69, 9.17) is 0 Å². The van der Waals surface area contributed by atoms with Gasteiger partial charge in [-0.15, -0.1) is 22.7 Å². The zero-order valence-corrected chi connectivity index (χ0v) is 17.3. The molecule has 0 radical (unpaired) electrons. The number of aromatic hydroxyl groups is 1. The Kier molecular flexibility index (Phi) is 6.09. The van der Waals surface area contributed by atoms with Gasteiger partial charge in [0, 0.05) is 18.4 Å². The summed E-state index contributed by atoms with van der Waals surface area (Å²) in [5.74, 6) is -1.28. The molecule has 0 aliphatic heterocycles. The van der Waals surface area contributed by atoms with E-state index >= 15 is 0 Å². The Morgan fingerprint density at radius 3 is 2.76 bits per heavy atom. The molecule has 0 spiro atoms. The molecule has 152 valence electrons. The van der Waals surface area contributed by atoms with Gasteiger partial charge in [0.2, 0.25) is 5.91 Å². The van der Waals surface area contributed by atoms with E-state index in [1.54, 1.807) is 5.38 Å². The first-order chi connectivity index (χ1) is 13.8. The molecule has 3 N–H and O–H groups in total. The van der Waals surface area contributed by atoms with Crippen molar-refractivity contribution in [2.45, 2.75) is 20.4 Å². The second-order valence-corrected chi connectivity index (χ2v) is 7.88. The molecule has 0 saturated carbocycles. The van der Waals surface area contributed by atoms with Crippen molar-refractivity contribution in [3.63, 3.8) is 0 Å². The molecular formula is C18H17FN4O4S2. The summed E-state index contributed by atoms with van der Waals surface area (Å²) in [6.45, 7) is 3.31. The summed E-state index contributed by atoms with van der Waals surface area (Å²) in [5.41, 5.74) is 1.48. The highest BCUT2D eigenvalue weighted by Gasteiger charge is 2.18. The van der Waals surface area contributed by atoms with E-state index in [-0.39, 0.29) is 23.5 Å². The molecule has 1 aromatic carbocycles.